The average Bonchev–Trinajstić information content (AvgIpc) is 3.33. The van der Waals surface area contributed by atoms with Crippen molar-refractivity contribution in [3.05, 3.63) is 70.3 Å². The summed E-state index contributed by atoms with van der Waals surface area (Å²) >= 11 is 0. The molecule has 0 aromatic heterocycles. The van der Waals surface area contributed by atoms with Crippen molar-refractivity contribution in [2.24, 2.45) is 5.73 Å². The fourth-order valence-electron chi connectivity index (χ4n) is 4.21. The van der Waals surface area contributed by atoms with Crippen molar-refractivity contribution in [2.75, 3.05) is 0 Å². The molecule has 0 radical (unpaired) electrons. The number of hydrogen-bond acceptors (Lipinski definition) is 10. The second-order valence-corrected chi connectivity index (χ2v) is 9.06. The summed E-state index contributed by atoms with van der Waals surface area (Å²) in [5.74, 6) is -5.73. The third-order valence-corrected chi connectivity index (χ3v) is 6.29. The lowest BCUT2D eigenvalue weighted by molar-refractivity contribution is -0.137. The van der Waals surface area contributed by atoms with Crippen LogP contribution < -0.4 is 16.4 Å². The van der Waals surface area contributed by atoms with Crippen LogP contribution in [0.1, 0.15) is 74.5 Å². The highest BCUT2D eigenvalue weighted by atomic mass is 35.5. The van der Waals surface area contributed by atoms with Gasteiger partial charge in [-0.2, -0.15) is 0 Å². The maximum absolute atomic E-state index is 13.2. The van der Waals surface area contributed by atoms with E-state index in [9.17, 15) is 47.1 Å². The Morgan fingerprint density at radius 3 is 1.74 bits per heavy atom. The molecule has 0 spiro atoms. The molecule has 2 fully saturated rings. The van der Waals surface area contributed by atoms with Crippen LogP contribution in [0.15, 0.2) is 36.4 Å². The lowest BCUT2D eigenvalue weighted by Gasteiger charge is -2.27. The number of nitrogens with one attached hydrogen (secondary N) is 2. The van der Waals surface area contributed by atoms with E-state index in [1.54, 1.807) is 0 Å². The van der Waals surface area contributed by atoms with Crippen LogP contribution in [0.4, 0.5) is 8.78 Å². The summed E-state index contributed by atoms with van der Waals surface area (Å²) in [4.78, 5) is 90.6. The molecule has 16 heteroatoms. The highest BCUT2D eigenvalue weighted by Crippen LogP contribution is 2.28. The third-order valence-electron chi connectivity index (χ3n) is 6.29. The molecule has 0 saturated carbocycles. The van der Waals surface area contributed by atoms with Gasteiger partial charge < -0.3 is 10.5 Å². The summed E-state index contributed by atoms with van der Waals surface area (Å²) in [6.45, 7) is 0. The van der Waals surface area contributed by atoms with E-state index in [2.05, 4.69) is 15.4 Å². The van der Waals surface area contributed by atoms with Gasteiger partial charge in [0, 0.05) is 12.8 Å². The van der Waals surface area contributed by atoms with E-state index < -0.39 is 59.3 Å². The first-order valence-electron chi connectivity index (χ1n) is 12.0. The van der Waals surface area contributed by atoms with E-state index in [1.165, 1.54) is 12.1 Å². The van der Waals surface area contributed by atoms with Crippen LogP contribution in [-0.4, -0.2) is 64.4 Å². The van der Waals surface area contributed by atoms with Gasteiger partial charge in [0.1, 0.15) is 17.7 Å². The topological polar surface area (TPSA) is 199 Å². The fourth-order valence-corrected chi connectivity index (χ4v) is 4.21. The Hall–Kier alpha value is -4.89. The largest absolute Gasteiger partial charge is 0.386 e. The van der Waals surface area contributed by atoms with E-state index >= 15 is 0 Å². The Bertz CT molecular complexity index is 1550. The van der Waals surface area contributed by atoms with Gasteiger partial charge in [0.05, 0.1) is 28.3 Å². The highest BCUT2D eigenvalue weighted by molar-refractivity contribution is 6.23. The number of halogens is 3. The van der Waals surface area contributed by atoms with Gasteiger partial charge in [0.15, 0.2) is 0 Å². The molecule has 4 aliphatic heterocycles. The number of amides is 6. The molecule has 2 aromatic carbocycles. The van der Waals surface area contributed by atoms with E-state index in [-0.39, 0.29) is 66.7 Å². The van der Waals surface area contributed by atoms with E-state index in [1.807, 2.05) is 0 Å². The molecule has 0 bridgehead atoms. The number of carbonyl (C=O) groups is 8. The highest BCUT2D eigenvalue weighted by Gasteiger charge is 2.44. The van der Waals surface area contributed by atoms with Crippen molar-refractivity contribution in [2.45, 2.75) is 45.2 Å². The maximum atomic E-state index is 13.2. The predicted molar refractivity (Wildman–Crippen MR) is 144 cm³/mol. The molecule has 6 rings (SSSR count). The number of nitrogens with zero attached hydrogens (tertiary/aromatic N) is 1. The molecule has 2 aromatic rings. The van der Waals surface area contributed by atoms with Crippen LogP contribution in [0.2, 0.25) is 0 Å². The van der Waals surface area contributed by atoms with Gasteiger partial charge >= 0.3 is 11.9 Å². The van der Waals surface area contributed by atoms with E-state index in [0.29, 0.717) is 12.8 Å². The van der Waals surface area contributed by atoms with Crippen molar-refractivity contribution in [1.29, 1.82) is 0 Å². The normalized spacial score (nSPS) is 20.1. The van der Waals surface area contributed by atoms with Crippen LogP contribution in [0.3, 0.4) is 0 Å². The molecule has 2 unspecified atom stereocenters. The molecule has 4 N–H and O–H groups in total. The van der Waals surface area contributed by atoms with Crippen LogP contribution in [-0.2, 0) is 23.9 Å². The number of carbonyl (C=O) groups excluding carboxylic acids is 8. The van der Waals surface area contributed by atoms with Gasteiger partial charge in [0.2, 0.25) is 23.6 Å². The molecule has 4 heterocycles. The molecule has 13 nitrogen and oxygen atoms in total. The van der Waals surface area contributed by atoms with Gasteiger partial charge in [0.25, 0.3) is 11.8 Å². The van der Waals surface area contributed by atoms with Gasteiger partial charge in [-0.15, -0.1) is 12.4 Å². The summed E-state index contributed by atoms with van der Waals surface area (Å²) < 4.78 is 29.9. The molecular formula is C27H25ClF2N4O9. The number of cyclic esters (lactones) is 2. The Morgan fingerprint density at radius 1 is 0.698 bits per heavy atom. The van der Waals surface area contributed by atoms with Gasteiger partial charge in [-0.1, -0.05) is 7.43 Å². The lowest BCUT2D eigenvalue weighted by Crippen LogP contribution is -2.54. The number of hydrogen-bond donors (Lipinski definition) is 3. The first-order valence-corrected chi connectivity index (χ1v) is 12.0. The number of imide groups is 3. The molecule has 2 saturated heterocycles. The Kier molecular flexibility index (Phi) is 11.1. The lowest BCUT2D eigenvalue weighted by atomic mass is 10.0. The summed E-state index contributed by atoms with van der Waals surface area (Å²) in [5, 5.41) is 4.21. The molecule has 43 heavy (non-hydrogen) atoms. The zero-order valence-corrected chi connectivity index (χ0v) is 22.1. The summed E-state index contributed by atoms with van der Waals surface area (Å²) in [7, 11) is 0. The number of benzene rings is 2. The van der Waals surface area contributed by atoms with Crippen LogP contribution in [0.5, 0.6) is 0 Å². The SMILES string of the molecule is C.Cl.NC1CCC(=O)NC1=O.O=C1CCC(N2C(=O)c3ccc(F)cc3C2=O)C(=O)N1.O=C1OC(=O)c2cc(F)ccc21. The minimum absolute atomic E-state index is 0. The van der Waals surface area contributed by atoms with Crippen LogP contribution in [0, 0.1) is 11.6 Å². The minimum atomic E-state index is -1.02. The van der Waals surface area contributed by atoms with Crippen molar-refractivity contribution in [3.8, 4) is 0 Å². The van der Waals surface area contributed by atoms with Gasteiger partial charge in [-0.05, 0) is 49.2 Å². The molecule has 228 valence electrons. The van der Waals surface area contributed by atoms with Crippen LogP contribution >= 0.6 is 12.4 Å². The third kappa shape index (κ3) is 7.31. The second kappa shape index (κ2) is 13.8. The first-order chi connectivity index (χ1) is 19.4. The summed E-state index contributed by atoms with van der Waals surface area (Å²) in [6.07, 6.45) is 0.981. The Balaban J connectivity index is 0.000000241. The fraction of sp³-hybridized carbons (Fsp3) is 0.259. The molecule has 2 atom stereocenters. The molecular weight excluding hydrogens is 598 g/mol. The number of rotatable bonds is 1. The molecule has 6 amide bonds. The second-order valence-electron chi connectivity index (χ2n) is 9.06. The summed E-state index contributed by atoms with van der Waals surface area (Å²) in [5.41, 5.74) is 5.42. The number of fused-ring (bicyclic) bond motifs is 2. The number of nitrogens with two attached hydrogens (primary N) is 1. The zero-order valence-electron chi connectivity index (χ0n) is 21.3. The minimum Gasteiger partial charge on any atom is -0.386 e. The van der Waals surface area contributed by atoms with Gasteiger partial charge in [-0.25, -0.2) is 18.4 Å². The number of piperidine rings is 2. The summed E-state index contributed by atoms with van der Waals surface area (Å²) in [6, 6.07) is 5.10. The van der Waals surface area contributed by atoms with E-state index in [0.717, 1.165) is 29.2 Å². The van der Waals surface area contributed by atoms with Crippen molar-refractivity contribution in [3.63, 3.8) is 0 Å². The zero-order chi connectivity index (χ0) is 30.0. The smallest absolute Gasteiger partial charge is 0.347 e. The number of ether oxygens (including phenoxy) is 1. The first kappa shape index (κ1) is 34.3. The van der Waals surface area contributed by atoms with Crippen molar-refractivity contribution >= 4 is 59.8 Å². The van der Waals surface area contributed by atoms with Gasteiger partial charge in [-0.3, -0.25) is 44.3 Å². The molecule has 4 aliphatic rings. The molecule has 0 aliphatic carbocycles. The van der Waals surface area contributed by atoms with Crippen molar-refractivity contribution < 1.29 is 51.9 Å². The monoisotopic (exact) mass is 622 g/mol. The quantitative estimate of drug-likeness (QED) is 0.236. The Labute approximate surface area is 248 Å². The van der Waals surface area contributed by atoms with Crippen molar-refractivity contribution in [1.82, 2.24) is 15.5 Å². The number of esters is 2. The predicted octanol–water partition coefficient (Wildman–Crippen LogP) is 1.17. The van der Waals surface area contributed by atoms with E-state index in [4.69, 9.17) is 5.73 Å². The Morgan fingerprint density at radius 2 is 1.19 bits per heavy atom. The standard InChI is InChI=1S/C13H9FN2O4.C8H3FO3.C5H8N2O2.CH4.ClH/c14-6-1-2-7-8(5-6)13(20)16(12(7)19)9-3-4-10(17)15-11(9)18;9-4-1-2-5-6(3-4)8(11)12-7(5)10;6-3-1-2-4(8)7-5(3)9;;/h1-2,5,9H,3-4H2,(H,15,17,18);1-3H;3H,1-2,6H2,(H,7,8,9);1H4;1H. The average molecular weight is 623 g/mol. The maximum Gasteiger partial charge on any atom is 0.347 e. The van der Waals surface area contributed by atoms with Crippen LogP contribution in [0.25, 0.3) is 0 Å².